The van der Waals surface area contributed by atoms with Crippen molar-refractivity contribution in [1.29, 1.82) is 5.26 Å². The van der Waals surface area contributed by atoms with Crippen molar-refractivity contribution < 1.29 is 14.5 Å². The Bertz CT molecular complexity index is 515. The third kappa shape index (κ3) is 2.31. The Morgan fingerprint density at radius 2 is 2.35 bits per heavy atom. The highest BCUT2D eigenvalue weighted by Gasteiger charge is 2.30. The molecule has 1 aromatic rings. The zero-order valence-corrected chi connectivity index (χ0v) is 9.08. The number of rotatable bonds is 3. The second-order valence-electron chi connectivity index (χ2n) is 3.15. The number of nitriles is 1. The lowest BCUT2D eigenvalue weighted by Gasteiger charge is -2.07. The van der Waals surface area contributed by atoms with Crippen LogP contribution in [0, 0.1) is 21.4 Å². The second-order valence-corrected chi connectivity index (χ2v) is 3.15. The molecule has 1 rings (SSSR count). The van der Waals surface area contributed by atoms with E-state index in [9.17, 15) is 14.9 Å². The summed E-state index contributed by atoms with van der Waals surface area (Å²) in [6, 6.07) is 1.66. The number of carbonyl (C=O) groups excluding carboxylic acids is 1. The van der Waals surface area contributed by atoms with E-state index in [1.54, 1.807) is 6.07 Å². The minimum Gasteiger partial charge on any atom is -0.436 e. The summed E-state index contributed by atoms with van der Waals surface area (Å²) in [4.78, 5) is 24.1. The lowest BCUT2D eigenvalue weighted by Crippen LogP contribution is -2.17. The molecule has 0 aliphatic rings. The summed E-state index contributed by atoms with van der Waals surface area (Å²) in [5, 5.41) is 19.4. The Hall–Kier alpha value is -2.63. The quantitative estimate of drug-likeness (QED) is 0.596. The zero-order valence-electron chi connectivity index (χ0n) is 9.08. The van der Waals surface area contributed by atoms with Gasteiger partial charge < -0.3 is 20.6 Å². The number of hydrogen-bond acceptors (Lipinski definition) is 6. The Kier molecular flexibility index (Phi) is 3.28. The number of nitro groups is 1. The van der Waals surface area contributed by atoms with E-state index in [4.69, 9.17) is 11.0 Å². The Labute approximate surface area is 95.6 Å². The first-order chi connectivity index (χ1) is 7.88. The fourth-order valence-corrected chi connectivity index (χ4v) is 1.34. The van der Waals surface area contributed by atoms with E-state index in [0.717, 1.165) is 0 Å². The van der Waals surface area contributed by atoms with E-state index in [-0.39, 0.29) is 11.5 Å². The number of primary amides is 1. The maximum absolute atomic E-state index is 10.6. The van der Waals surface area contributed by atoms with E-state index < -0.39 is 22.9 Å². The summed E-state index contributed by atoms with van der Waals surface area (Å²) >= 11 is 0. The summed E-state index contributed by atoms with van der Waals surface area (Å²) in [5.74, 6) is -0.503. The topological polar surface area (TPSA) is 137 Å². The van der Waals surface area contributed by atoms with Gasteiger partial charge in [-0.05, 0) is 16.8 Å². The van der Waals surface area contributed by atoms with Crippen LogP contribution in [0.1, 0.15) is 24.5 Å². The molecule has 0 fully saturated rings. The molecule has 2 N–H and O–H groups in total. The highest BCUT2D eigenvalue weighted by atomic mass is 16.6. The van der Waals surface area contributed by atoms with Crippen LogP contribution in [0.3, 0.4) is 0 Å². The van der Waals surface area contributed by atoms with Crippen LogP contribution in [-0.4, -0.2) is 20.6 Å². The average molecular weight is 239 g/mol. The van der Waals surface area contributed by atoms with Crippen LogP contribution in [0.2, 0.25) is 0 Å². The van der Waals surface area contributed by atoms with Crippen molar-refractivity contribution in [1.82, 2.24) is 9.55 Å². The zero-order chi connectivity index (χ0) is 13.2. The number of aromatic nitrogens is 2. The van der Waals surface area contributed by atoms with Crippen molar-refractivity contribution in [3.63, 3.8) is 0 Å². The summed E-state index contributed by atoms with van der Waals surface area (Å²) in [5.41, 5.74) is 4.60. The van der Waals surface area contributed by atoms with Gasteiger partial charge in [-0.2, -0.15) is 5.26 Å². The molecule has 1 atom stereocenters. The van der Waals surface area contributed by atoms with Gasteiger partial charge in [-0.3, -0.25) is 4.57 Å². The molecule has 0 bridgehead atoms. The van der Waals surface area contributed by atoms with E-state index in [0.29, 0.717) is 0 Å². The maximum Gasteiger partial charge on any atom is 0.405 e. The first kappa shape index (κ1) is 12.4. The lowest BCUT2D eigenvalue weighted by molar-refractivity contribution is -0.389. The molecular weight excluding hydrogens is 230 g/mol. The van der Waals surface area contributed by atoms with Crippen molar-refractivity contribution in [3.05, 3.63) is 21.6 Å². The molecule has 0 radical (unpaired) electrons. The van der Waals surface area contributed by atoms with E-state index in [1.807, 2.05) is 0 Å². The standard InChI is InChI=1S/C8H9N5O4/c1-4(17-8(10)14)6-11-7(13(15)16)5(3-9)12(6)2/h4H,1-2H3,(H2,10,14). The molecule has 1 unspecified atom stereocenters. The molecule has 0 aliphatic heterocycles. The molecule has 0 spiro atoms. The number of nitrogens with zero attached hydrogens (tertiary/aromatic N) is 4. The fraction of sp³-hybridized carbons (Fsp3) is 0.375. The number of imidazole rings is 1. The van der Waals surface area contributed by atoms with Crippen LogP contribution in [0.4, 0.5) is 10.6 Å². The molecule has 9 heteroatoms. The normalized spacial score (nSPS) is 11.6. The van der Waals surface area contributed by atoms with Crippen molar-refractivity contribution in [2.24, 2.45) is 12.8 Å². The summed E-state index contributed by atoms with van der Waals surface area (Å²) in [6.07, 6.45) is -1.90. The van der Waals surface area contributed by atoms with Crippen LogP contribution < -0.4 is 5.73 Å². The van der Waals surface area contributed by atoms with Gasteiger partial charge in [0.2, 0.25) is 5.69 Å². The van der Waals surface area contributed by atoms with Crippen molar-refractivity contribution in [2.75, 3.05) is 0 Å². The van der Waals surface area contributed by atoms with Crippen molar-refractivity contribution in [2.45, 2.75) is 13.0 Å². The molecule has 1 aromatic heterocycles. The number of ether oxygens (including phenoxy) is 1. The summed E-state index contributed by atoms with van der Waals surface area (Å²) < 4.78 is 5.82. The van der Waals surface area contributed by atoms with Crippen LogP contribution in [-0.2, 0) is 11.8 Å². The molecule has 17 heavy (non-hydrogen) atoms. The summed E-state index contributed by atoms with van der Waals surface area (Å²) in [7, 11) is 1.41. The molecular formula is C8H9N5O4. The van der Waals surface area contributed by atoms with Gasteiger partial charge in [0.15, 0.2) is 6.10 Å². The van der Waals surface area contributed by atoms with Gasteiger partial charge in [-0.25, -0.2) is 4.79 Å². The molecule has 9 nitrogen and oxygen atoms in total. The lowest BCUT2D eigenvalue weighted by atomic mass is 10.4. The number of amides is 1. The first-order valence-corrected chi connectivity index (χ1v) is 4.45. The molecule has 1 heterocycles. The van der Waals surface area contributed by atoms with Crippen molar-refractivity contribution >= 4 is 11.9 Å². The van der Waals surface area contributed by atoms with Crippen LogP contribution >= 0.6 is 0 Å². The van der Waals surface area contributed by atoms with Crippen molar-refractivity contribution in [3.8, 4) is 6.07 Å². The number of nitrogens with two attached hydrogens (primary N) is 1. The molecule has 1 amide bonds. The predicted molar refractivity (Wildman–Crippen MR) is 53.7 cm³/mol. The smallest absolute Gasteiger partial charge is 0.405 e. The van der Waals surface area contributed by atoms with E-state index in [1.165, 1.54) is 18.5 Å². The van der Waals surface area contributed by atoms with Gasteiger partial charge in [-0.1, -0.05) is 0 Å². The SMILES string of the molecule is CC(OC(N)=O)c1nc([N+](=O)[O-])c(C#N)n1C. The molecule has 0 aromatic carbocycles. The van der Waals surface area contributed by atoms with Crippen LogP contribution in [0.5, 0.6) is 0 Å². The van der Waals surface area contributed by atoms with Gasteiger partial charge in [0.1, 0.15) is 6.07 Å². The van der Waals surface area contributed by atoms with Gasteiger partial charge in [0.25, 0.3) is 5.82 Å². The van der Waals surface area contributed by atoms with E-state index >= 15 is 0 Å². The Morgan fingerprint density at radius 1 is 1.76 bits per heavy atom. The van der Waals surface area contributed by atoms with Gasteiger partial charge >= 0.3 is 11.9 Å². The highest BCUT2D eigenvalue weighted by Crippen LogP contribution is 2.23. The highest BCUT2D eigenvalue weighted by molar-refractivity contribution is 5.64. The van der Waals surface area contributed by atoms with Crippen LogP contribution in [0.25, 0.3) is 0 Å². The average Bonchev–Trinajstić information content (AvgIpc) is 2.54. The van der Waals surface area contributed by atoms with Crippen LogP contribution in [0.15, 0.2) is 0 Å². The second kappa shape index (κ2) is 4.48. The van der Waals surface area contributed by atoms with Gasteiger partial charge in [-0.15, -0.1) is 0 Å². The number of hydrogen-bond donors (Lipinski definition) is 1. The maximum atomic E-state index is 10.6. The molecule has 90 valence electrons. The summed E-state index contributed by atoms with van der Waals surface area (Å²) in [6.45, 7) is 1.44. The third-order valence-electron chi connectivity index (χ3n) is 2.05. The van der Waals surface area contributed by atoms with E-state index in [2.05, 4.69) is 9.72 Å². The Balaban J connectivity index is 3.23. The molecule has 0 saturated carbocycles. The predicted octanol–water partition coefficient (Wildman–Crippen LogP) is 0.356. The number of carbonyl (C=O) groups is 1. The first-order valence-electron chi connectivity index (χ1n) is 4.45. The minimum absolute atomic E-state index is 0.0760. The van der Waals surface area contributed by atoms with Gasteiger partial charge in [0.05, 0.1) is 0 Å². The fourth-order valence-electron chi connectivity index (χ4n) is 1.34. The molecule has 0 aliphatic carbocycles. The monoisotopic (exact) mass is 239 g/mol. The largest absolute Gasteiger partial charge is 0.436 e. The Morgan fingerprint density at radius 3 is 2.71 bits per heavy atom. The third-order valence-corrected chi connectivity index (χ3v) is 2.05. The van der Waals surface area contributed by atoms with Gasteiger partial charge in [0, 0.05) is 7.05 Å². The molecule has 0 saturated heterocycles. The minimum atomic E-state index is -1.03.